The Kier molecular flexibility index (Phi) is 12.8. The van der Waals surface area contributed by atoms with Crippen molar-refractivity contribution in [1.29, 1.82) is 0 Å². The third-order valence-electron chi connectivity index (χ3n) is 9.01. The lowest BCUT2D eigenvalue weighted by Crippen LogP contribution is -2.51. The second-order valence-electron chi connectivity index (χ2n) is 12.9. The van der Waals surface area contributed by atoms with Crippen molar-refractivity contribution in [2.24, 2.45) is 0 Å². The van der Waals surface area contributed by atoms with E-state index in [2.05, 4.69) is 16.4 Å². The topological polar surface area (TPSA) is 165 Å². The molecule has 2 amide bonds. The first-order chi connectivity index (χ1) is 23.5. The summed E-state index contributed by atoms with van der Waals surface area (Å²) in [5.74, 6) is 0.874. The lowest BCUT2D eigenvalue weighted by Gasteiger charge is -2.28. The number of hydrogen-bond donors (Lipinski definition) is 6. The van der Waals surface area contributed by atoms with Crippen molar-refractivity contribution in [3.05, 3.63) is 81.6 Å². The van der Waals surface area contributed by atoms with E-state index in [1.165, 1.54) is 7.05 Å². The molecule has 11 nitrogen and oxygen atoms in total. The number of rotatable bonds is 18. The third kappa shape index (κ3) is 9.62. The van der Waals surface area contributed by atoms with Crippen molar-refractivity contribution in [3.63, 3.8) is 0 Å². The number of ether oxygens (including phenoxy) is 2. The molecule has 2 saturated carbocycles. The van der Waals surface area contributed by atoms with Gasteiger partial charge in [-0.1, -0.05) is 41.4 Å². The van der Waals surface area contributed by atoms with E-state index in [9.17, 15) is 25.2 Å². The zero-order valence-electron chi connectivity index (χ0n) is 27.5. The number of benzene rings is 2. The van der Waals surface area contributed by atoms with Crippen molar-refractivity contribution in [2.45, 2.75) is 87.7 Å². The number of amides is 2. The Hall–Kier alpha value is -3.00. The first-order valence-electron chi connectivity index (χ1n) is 16.7. The Morgan fingerprint density at radius 2 is 1.69 bits per heavy atom. The van der Waals surface area contributed by atoms with Gasteiger partial charge in [0.15, 0.2) is 0 Å². The predicted octanol–water partition coefficient (Wildman–Crippen LogP) is 4.20. The van der Waals surface area contributed by atoms with Crippen LogP contribution in [0.5, 0.6) is 5.75 Å². The quantitative estimate of drug-likeness (QED) is 0.106. The van der Waals surface area contributed by atoms with Gasteiger partial charge in [0.1, 0.15) is 30.2 Å². The molecular weight excluding hydrogens is 673 g/mol. The highest BCUT2D eigenvalue weighted by molar-refractivity contribution is 6.34. The number of halogens is 2. The Labute approximate surface area is 296 Å². The molecule has 0 saturated heterocycles. The van der Waals surface area contributed by atoms with Gasteiger partial charge in [-0.2, -0.15) is 0 Å². The van der Waals surface area contributed by atoms with Crippen LogP contribution in [0.1, 0.15) is 55.2 Å². The van der Waals surface area contributed by atoms with E-state index in [1.54, 1.807) is 6.20 Å². The normalized spacial score (nSPS) is 17.6. The zero-order chi connectivity index (χ0) is 35.1. The first kappa shape index (κ1) is 37.3. The van der Waals surface area contributed by atoms with Crippen LogP contribution in [0.15, 0.2) is 54.9 Å². The van der Waals surface area contributed by atoms with E-state index >= 15 is 0 Å². The fourth-order valence-corrected chi connectivity index (χ4v) is 6.23. The van der Waals surface area contributed by atoms with Gasteiger partial charge in [0.25, 0.3) is 0 Å². The summed E-state index contributed by atoms with van der Waals surface area (Å²) < 4.78 is 12.8. The van der Waals surface area contributed by atoms with Crippen LogP contribution in [0.4, 0.5) is 4.79 Å². The number of unbranched alkanes of at least 4 members (excludes halogenated alkanes) is 1. The van der Waals surface area contributed by atoms with Crippen LogP contribution < -0.4 is 10.1 Å². The van der Waals surface area contributed by atoms with E-state index in [0.29, 0.717) is 36.0 Å². The minimum Gasteiger partial charge on any atom is -0.490 e. The molecule has 0 spiro atoms. The van der Waals surface area contributed by atoms with Gasteiger partial charge < -0.3 is 45.2 Å². The summed E-state index contributed by atoms with van der Waals surface area (Å²) in [6, 6.07) is 13.4. The van der Waals surface area contributed by atoms with Crippen LogP contribution in [0, 0.1) is 0 Å². The van der Waals surface area contributed by atoms with Gasteiger partial charge in [-0.3, -0.25) is 4.98 Å². The third-order valence-corrected chi connectivity index (χ3v) is 9.72. The van der Waals surface area contributed by atoms with Crippen molar-refractivity contribution in [1.82, 2.24) is 15.2 Å². The van der Waals surface area contributed by atoms with Gasteiger partial charge >= 0.3 is 6.03 Å². The second kappa shape index (κ2) is 16.8. The molecule has 0 radical (unpaired) electrons. The Balaban J connectivity index is 1.10. The fourth-order valence-electron chi connectivity index (χ4n) is 5.71. The highest BCUT2D eigenvalue weighted by Crippen LogP contribution is 2.53. The smallest absolute Gasteiger partial charge is 0.317 e. The molecule has 2 fully saturated rings. The maximum Gasteiger partial charge on any atom is 0.317 e. The minimum atomic E-state index is -1.76. The molecule has 2 aliphatic rings. The number of aryl methyl sites for hydroxylation is 1. The summed E-state index contributed by atoms with van der Waals surface area (Å²) in [4.78, 5) is 18.0. The minimum absolute atomic E-state index is 0.284. The number of carbonyl (C=O) groups is 1. The fraction of sp³-hybridized carbons (Fsp3) is 0.500. The van der Waals surface area contributed by atoms with E-state index in [-0.39, 0.29) is 12.6 Å². The summed E-state index contributed by atoms with van der Waals surface area (Å²) >= 11 is 13.4. The summed E-state index contributed by atoms with van der Waals surface area (Å²) in [6.45, 7) is -0.418. The van der Waals surface area contributed by atoms with Gasteiger partial charge in [0.05, 0.1) is 31.5 Å². The SMILES string of the molecule is CN(C[C@H](O)[C@@H](O)[C@H](O)[C@H](O)CO)C(=O)NCCCCc1cc(Cl)c(COC2(c3cnccc3-c3ccccc3OC3CC3)CC2)cc1Cl. The number of aliphatic hydroxyl groups is 5. The van der Waals surface area contributed by atoms with Crippen molar-refractivity contribution in [3.8, 4) is 16.9 Å². The van der Waals surface area contributed by atoms with Crippen molar-refractivity contribution < 1.29 is 39.8 Å². The highest BCUT2D eigenvalue weighted by Gasteiger charge is 2.48. The Morgan fingerprint density at radius 3 is 2.41 bits per heavy atom. The van der Waals surface area contributed by atoms with Crippen LogP contribution in [-0.2, 0) is 23.4 Å². The lowest BCUT2D eigenvalue weighted by molar-refractivity contribution is -0.117. The maximum atomic E-state index is 12.4. The molecule has 266 valence electrons. The van der Waals surface area contributed by atoms with Gasteiger partial charge in [-0.15, -0.1) is 0 Å². The molecule has 5 rings (SSSR count). The maximum absolute atomic E-state index is 12.4. The molecule has 1 aromatic heterocycles. The van der Waals surface area contributed by atoms with Gasteiger partial charge in [-0.25, -0.2) is 4.79 Å². The summed E-state index contributed by atoms with van der Waals surface area (Å²) in [6.07, 6.45) is 3.26. The molecule has 0 aliphatic heterocycles. The van der Waals surface area contributed by atoms with Gasteiger partial charge in [-0.05, 0) is 85.9 Å². The van der Waals surface area contributed by atoms with Crippen LogP contribution in [0.25, 0.3) is 11.1 Å². The first-order valence-corrected chi connectivity index (χ1v) is 17.4. The van der Waals surface area contributed by atoms with Crippen molar-refractivity contribution >= 4 is 29.2 Å². The molecule has 0 bridgehead atoms. The molecule has 2 aliphatic carbocycles. The summed E-state index contributed by atoms with van der Waals surface area (Å²) in [5, 5.41) is 52.1. The Bertz CT molecular complexity index is 1570. The number of nitrogens with one attached hydrogen (secondary N) is 1. The number of carbonyl (C=O) groups excluding carboxylic acids is 1. The Morgan fingerprint density at radius 1 is 1.00 bits per heavy atom. The molecule has 13 heteroatoms. The zero-order valence-corrected chi connectivity index (χ0v) is 29.0. The summed E-state index contributed by atoms with van der Waals surface area (Å²) in [5.41, 5.74) is 4.34. The highest BCUT2D eigenvalue weighted by atomic mass is 35.5. The van der Waals surface area contributed by atoms with Crippen LogP contribution in [-0.4, -0.2) is 98.7 Å². The standard InChI is InChI=1S/C36H45Cl2N3O8/c1-41(19-30(43)33(45)34(46)31(44)20-42)35(47)40-14-5-4-6-22-16-29(38)23(17-28(22)37)21-48-36(12-13-36)27-18-39-15-11-25(27)26-7-2-3-8-32(26)49-24-9-10-24/h2-3,7-8,11,15-18,24,30-31,33-34,42-46H,4-6,9-10,12-14,19-21H2,1H3,(H,40,47)/t30-,31+,33+,34+/m0/s1. The number of pyridine rings is 1. The van der Waals surface area contributed by atoms with Crippen LogP contribution in [0.2, 0.25) is 10.0 Å². The van der Waals surface area contributed by atoms with Crippen LogP contribution >= 0.6 is 23.2 Å². The lowest BCUT2D eigenvalue weighted by atomic mass is 9.96. The van der Waals surface area contributed by atoms with E-state index in [1.807, 2.05) is 42.6 Å². The summed E-state index contributed by atoms with van der Waals surface area (Å²) in [7, 11) is 1.43. The molecular formula is C36H45Cl2N3O8. The van der Waals surface area contributed by atoms with Crippen molar-refractivity contribution in [2.75, 3.05) is 26.7 Å². The van der Waals surface area contributed by atoms with E-state index in [0.717, 1.165) is 70.6 Å². The molecule has 2 aromatic carbocycles. The molecule has 3 aromatic rings. The monoisotopic (exact) mass is 717 g/mol. The van der Waals surface area contributed by atoms with E-state index < -0.39 is 42.7 Å². The van der Waals surface area contributed by atoms with Crippen LogP contribution in [0.3, 0.4) is 0 Å². The molecule has 4 atom stereocenters. The number of aromatic nitrogens is 1. The number of para-hydroxylation sites is 1. The number of hydrogen-bond acceptors (Lipinski definition) is 9. The number of nitrogens with zero attached hydrogens (tertiary/aromatic N) is 2. The van der Waals surface area contributed by atoms with E-state index in [4.69, 9.17) is 37.8 Å². The van der Waals surface area contributed by atoms with Gasteiger partial charge in [0.2, 0.25) is 0 Å². The molecule has 0 unspecified atom stereocenters. The van der Waals surface area contributed by atoms with Gasteiger partial charge in [0, 0.05) is 47.2 Å². The molecule has 6 N–H and O–H groups in total. The number of likely N-dealkylation sites (N-methyl/N-ethyl adjacent to an activating group) is 1. The second-order valence-corrected chi connectivity index (χ2v) is 13.7. The average Bonchev–Trinajstić information content (AvgIpc) is 4.05. The molecule has 49 heavy (non-hydrogen) atoms. The number of urea groups is 1. The average molecular weight is 719 g/mol. The molecule has 1 heterocycles. The largest absolute Gasteiger partial charge is 0.490 e. The predicted molar refractivity (Wildman–Crippen MR) is 186 cm³/mol. The number of aliphatic hydroxyl groups excluding tert-OH is 5.